The summed E-state index contributed by atoms with van der Waals surface area (Å²) >= 11 is 0. The number of amides is 1. The van der Waals surface area contributed by atoms with E-state index < -0.39 is 17.3 Å². The zero-order valence-corrected chi connectivity index (χ0v) is 22.9. The molecule has 1 spiro atoms. The molecule has 2 N–H and O–H groups in total. The molecule has 9 nitrogen and oxygen atoms in total. The first-order valence-corrected chi connectivity index (χ1v) is 13.1. The summed E-state index contributed by atoms with van der Waals surface area (Å²) in [6.45, 7) is 8.66. The second-order valence-corrected chi connectivity index (χ2v) is 11.9. The van der Waals surface area contributed by atoms with Gasteiger partial charge in [0.1, 0.15) is 28.7 Å². The number of hydrogen-bond donors (Lipinski definition) is 1. The smallest absolute Gasteiger partial charge is 0.416 e. The Morgan fingerprint density at radius 1 is 1.27 bits per heavy atom. The molecule has 12 heteroatoms. The fraction of sp³-hybridized carbons (Fsp3) is 0.500. The van der Waals surface area contributed by atoms with Gasteiger partial charge in [-0.1, -0.05) is 6.07 Å². The Labute approximate surface area is 230 Å². The highest BCUT2D eigenvalue weighted by Crippen LogP contribution is 2.55. The molecule has 3 aromatic rings. The molecule has 2 aliphatic rings. The van der Waals surface area contributed by atoms with E-state index in [0.29, 0.717) is 35.5 Å². The molecule has 0 atom stereocenters. The van der Waals surface area contributed by atoms with Crippen molar-refractivity contribution < 1.29 is 22.7 Å². The van der Waals surface area contributed by atoms with Crippen LogP contribution in [0.25, 0.3) is 11.3 Å². The number of nitriles is 1. The third kappa shape index (κ3) is 5.24. The highest BCUT2D eigenvalue weighted by Gasteiger charge is 2.51. The van der Waals surface area contributed by atoms with Crippen LogP contribution in [-0.4, -0.2) is 49.2 Å². The lowest BCUT2D eigenvalue weighted by Crippen LogP contribution is -2.43. The Morgan fingerprint density at radius 3 is 2.65 bits per heavy atom. The molecule has 0 radical (unpaired) electrons. The van der Waals surface area contributed by atoms with E-state index in [2.05, 4.69) is 16.3 Å². The summed E-state index contributed by atoms with van der Waals surface area (Å²) in [6.07, 6.45) is 0.865. The fourth-order valence-electron chi connectivity index (χ4n) is 5.67. The quantitative estimate of drug-likeness (QED) is 0.452. The summed E-state index contributed by atoms with van der Waals surface area (Å²) in [4.78, 5) is 14.3. The van der Waals surface area contributed by atoms with Crippen molar-refractivity contribution in [1.29, 1.82) is 5.26 Å². The zero-order chi connectivity index (χ0) is 29.0. The first-order chi connectivity index (χ1) is 18.7. The van der Waals surface area contributed by atoms with Crippen LogP contribution in [0.1, 0.15) is 68.3 Å². The Hall–Kier alpha value is -4.01. The lowest BCUT2D eigenvalue weighted by molar-refractivity contribution is -0.137. The Balaban J connectivity index is 1.31. The number of hydrogen-bond acceptors (Lipinski definition) is 6. The van der Waals surface area contributed by atoms with Gasteiger partial charge in [-0.05, 0) is 75.6 Å². The summed E-state index contributed by atoms with van der Waals surface area (Å²) in [5.41, 5.74) is 7.45. The Bertz CT molecular complexity index is 1490. The van der Waals surface area contributed by atoms with Crippen molar-refractivity contribution in [3.8, 4) is 17.3 Å². The number of benzene rings is 1. The van der Waals surface area contributed by atoms with Gasteiger partial charge in [-0.2, -0.15) is 28.6 Å². The highest BCUT2D eigenvalue weighted by atomic mass is 19.4. The van der Waals surface area contributed by atoms with Crippen LogP contribution in [0.4, 0.5) is 23.8 Å². The van der Waals surface area contributed by atoms with Gasteiger partial charge in [0.05, 0.1) is 24.3 Å². The number of rotatable bonds is 4. The van der Waals surface area contributed by atoms with E-state index in [4.69, 9.17) is 10.5 Å². The normalized spacial score (nSPS) is 20.9. The number of alkyl halides is 3. The number of aromatic nitrogens is 4. The van der Waals surface area contributed by atoms with Crippen LogP contribution in [-0.2, 0) is 17.5 Å². The maximum absolute atomic E-state index is 13.2. The Kier molecular flexibility index (Phi) is 6.59. The summed E-state index contributed by atoms with van der Waals surface area (Å²) in [6, 6.07) is 5.77. The molecule has 1 aromatic carbocycles. The minimum atomic E-state index is -4.43. The van der Waals surface area contributed by atoms with E-state index in [-0.39, 0.29) is 35.5 Å². The topological polar surface area (TPSA) is 115 Å². The largest absolute Gasteiger partial charge is 0.444 e. The van der Waals surface area contributed by atoms with E-state index in [1.54, 1.807) is 22.7 Å². The maximum Gasteiger partial charge on any atom is 0.416 e. The van der Waals surface area contributed by atoms with Crippen LogP contribution in [0.15, 0.2) is 30.6 Å². The second kappa shape index (κ2) is 9.57. The van der Waals surface area contributed by atoms with Crippen LogP contribution in [0.3, 0.4) is 0 Å². The number of aryl methyl sites for hydroxylation is 1. The molecule has 1 saturated carbocycles. The number of ether oxygens (including phenoxy) is 1. The molecule has 0 bridgehead atoms. The Morgan fingerprint density at radius 2 is 2.00 bits per heavy atom. The zero-order valence-electron chi connectivity index (χ0n) is 22.9. The number of likely N-dealkylation sites (tertiary alicyclic amines) is 1. The lowest BCUT2D eigenvalue weighted by Gasteiger charge is -2.45. The van der Waals surface area contributed by atoms with Gasteiger partial charge in [-0.15, -0.1) is 0 Å². The molecule has 3 heterocycles. The van der Waals surface area contributed by atoms with Crippen molar-refractivity contribution >= 4 is 11.9 Å². The first-order valence-electron chi connectivity index (χ1n) is 13.1. The lowest BCUT2D eigenvalue weighted by atomic mass is 9.65. The van der Waals surface area contributed by atoms with Crippen molar-refractivity contribution in [2.45, 2.75) is 71.3 Å². The van der Waals surface area contributed by atoms with Crippen molar-refractivity contribution in [3.05, 3.63) is 52.8 Å². The molecular formula is C28H32F3N7O2. The summed E-state index contributed by atoms with van der Waals surface area (Å²) in [5, 5.41) is 18.8. The molecule has 1 aliphatic heterocycles. The van der Waals surface area contributed by atoms with Crippen molar-refractivity contribution in [2.24, 2.45) is 5.41 Å². The molecule has 40 heavy (non-hydrogen) atoms. The van der Waals surface area contributed by atoms with Crippen LogP contribution < -0.4 is 5.73 Å². The number of nitrogens with zero attached hydrogens (tertiary/aromatic N) is 6. The van der Waals surface area contributed by atoms with Gasteiger partial charge in [-0.3, -0.25) is 4.68 Å². The van der Waals surface area contributed by atoms with Gasteiger partial charge >= 0.3 is 12.3 Å². The van der Waals surface area contributed by atoms with Crippen LogP contribution in [0.2, 0.25) is 0 Å². The van der Waals surface area contributed by atoms with Crippen LogP contribution in [0, 0.1) is 23.7 Å². The van der Waals surface area contributed by atoms with Gasteiger partial charge in [0, 0.05) is 24.8 Å². The molecule has 212 valence electrons. The van der Waals surface area contributed by atoms with Crippen molar-refractivity contribution in [2.75, 3.05) is 18.8 Å². The van der Waals surface area contributed by atoms with E-state index in [1.165, 1.54) is 16.9 Å². The van der Waals surface area contributed by atoms with E-state index >= 15 is 0 Å². The third-order valence-electron chi connectivity index (χ3n) is 7.75. The predicted molar refractivity (Wildman–Crippen MR) is 141 cm³/mol. The number of carbonyl (C=O) groups excluding carboxylic acids is 1. The SMILES string of the molecule is Cc1ccc(C(F)(F)F)cc1Cn1cc(-c2nn([C@H]3C[C@@]4(CCN(C(=O)OC(C)(C)C)C4)C3)c(N)c2C#N)cn1. The summed E-state index contributed by atoms with van der Waals surface area (Å²) in [7, 11) is 0. The minimum absolute atomic E-state index is 0.0118. The molecule has 1 aliphatic carbocycles. The van der Waals surface area contributed by atoms with Gasteiger partial charge in [0.15, 0.2) is 0 Å². The summed E-state index contributed by atoms with van der Waals surface area (Å²) < 4.78 is 48.3. The average Bonchev–Trinajstić information content (AvgIpc) is 3.55. The van der Waals surface area contributed by atoms with Crippen LogP contribution >= 0.6 is 0 Å². The van der Waals surface area contributed by atoms with E-state index in [1.807, 2.05) is 20.8 Å². The van der Waals surface area contributed by atoms with Gasteiger partial charge in [0.2, 0.25) is 0 Å². The standard InChI is InChI=1S/C28H32F3N7O2/c1-17-5-6-20(28(29,30)31)9-18(17)14-37-15-19(13-34-37)23-22(12-32)24(33)38(35-23)21-10-27(11-21)7-8-36(16-27)25(39)40-26(2,3)4/h5-6,9,13,15,21H,7-8,10-11,14,16,33H2,1-4H3/t21-,27-. The third-order valence-corrected chi connectivity index (χ3v) is 7.75. The van der Waals surface area contributed by atoms with Gasteiger partial charge < -0.3 is 15.4 Å². The van der Waals surface area contributed by atoms with E-state index in [9.17, 15) is 23.2 Å². The van der Waals surface area contributed by atoms with Crippen molar-refractivity contribution in [1.82, 2.24) is 24.5 Å². The number of halogens is 3. The van der Waals surface area contributed by atoms with Gasteiger partial charge in [0.25, 0.3) is 0 Å². The van der Waals surface area contributed by atoms with E-state index in [0.717, 1.165) is 31.4 Å². The molecule has 2 fully saturated rings. The fourth-order valence-corrected chi connectivity index (χ4v) is 5.67. The number of nitrogens with two attached hydrogens (primary N) is 1. The number of nitrogen functional groups attached to an aromatic ring is 1. The molecule has 2 aromatic heterocycles. The average molecular weight is 556 g/mol. The number of anilines is 1. The number of carbonyl (C=O) groups is 1. The van der Waals surface area contributed by atoms with Gasteiger partial charge in [-0.25, -0.2) is 9.48 Å². The minimum Gasteiger partial charge on any atom is -0.444 e. The molecule has 5 rings (SSSR count). The molecular weight excluding hydrogens is 523 g/mol. The highest BCUT2D eigenvalue weighted by molar-refractivity contribution is 5.72. The monoisotopic (exact) mass is 555 g/mol. The first kappa shape index (κ1) is 27.6. The van der Waals surface area contributed by atoms with Crippen molar-refractivity contribution in [3.63, 3.8) is 0 Å². The summed E-state index contributed by atoms with van der Waals surface area (Å²) in [5.74, 6) is 0.265. The second-order valence-electron chi connectivity index (χ2n) is 11.9. The maximum atomic E-state index is 13.2. The predicted octanol–water partition coefficient (Wildman–Crippen LogP) is 5.54. The molecule has 0 unspecified atom stereocenters. The van der Waals surface area contributed by atoms with Crippen LogP contribution in [0.5, 0.6) is 0 Å². The molecule has 1 amide bonds. The molecule has 1 saturated heterocycles.